The second-order valence-electron chi connectivity index (χ2n) is 3.99. The first-order valence-corrected chi connectivity index (χ1v) is 5.87. The Morgan fingerprint density at radius 2 is 1.60 bits per heavy atom. The lowest BCUT2D eigenvalue weighted by Crippen LogP contribution is -2.11. The molecule has 0 aromatic heterocycles. The minimum absolute atomic E-state index is 0.296. The molecule has 20 heavy (non-hydrogen) atoms. The Morgan fingerprint density at radius 1 is 0.950 bits per heavy atom. The molecule has 0 amide bonds. The number of carbonyl (C=O) groups is 2. The molecule has 0 atom stereocenters. The molecule has 0 heterocycles. The second-order valence-corrected chi connectivity index (χ2v) is 3.99. The van der Waals surface area contributed by atoms with Crippen LogP contribution in [0.1, 0.15) is 20.7 Å². The van der Waals surface area contributed by atoms with Gasteiger partial charge in [-0.1, -0.05) is 12.1 Å². The largest absolute Gasteiger partial charge is 0.465 e. The number of carbonyl (C=O) groups excluding carboxylic acids is 2. The molecule has 2 aromatic rings. The van der Waals surface area contributed by atoms with E-state index in [2.05, 4.69) is 4.74 Å². The highest BCUT2D eigenvalue weighted by molar-refractivity contribution is 5.96. The van der Waals surface area contributed by atoms with Crippen molar-refractivity contribution in [2.75, 3.05) is 12.8 Å². The number of esters is 2. The van der Waals surface area contributed by atoms with Gasteiger partial charge in [0.05, 0.1) is 18.2 Å². The molecule has 0 spiro atoms. The first-order chi connectivity index (χ1) is 9.61. The van der Waals surface area contributed by atoms with Crippen molar-refractivity contribution in [3.05, 3.63) is 59.7 Å². The summed E-state index contributed by atoms with van der Waals surface area (Å²) in [4.78, 5) is 23.2. The van der Waals surface area contributed by atoms with Crippen molar-refractivity contribution in [1.29, 1.82) is 0 Å². The number of ether oxygens (including phenoxy) is 2. The van der Waals surface area contributed by atoms with Crippen LogP contribution in [0.25, 0.3) is 0 Å². The summed E-state index contributed by atoms with van der Waals surface area (Å²) < 4.78 is 9.76. The van der Waals surface area contributed by atoms with Crippen molar-refractivity contribution in [3.63, 3.8) is 0 Å². The van der Waals surface area contributed by atoms with Gasteiger partial charge in [-0.15, -0.1) is 0 Å². The van der Waals surface area contributed by atoms with Gasteiger partial charge in [-0.3, -0.25) is 0 Å². The number of hydrogen-bond acceptors (Lipinski definition) is 5. The van der Waals surface area contributed by atoms with Gasteiger partial charge in [-0.25, -0.2) is 9.59 Å². The predicted octanol–water partition coefficient (Wildman–Crippen LogP) is 2.27. The molecule has 2 aromatic carbocycles. The van der Waals surface area contributed by atoms with Crippen LogP contribution in [0.15, 0.2) is 48.5 Å². The molecule has 102 valence electrons. The van der Waals surface area contributed by atoms with E-state index in [9.17, 15) is 9.59 Å². The number of para-hydroxylation sites is 1. The second kappa shape index (κ2) is 5.88. The molecule has 0 saturated carbocycles. The molecule has 0 aliphatic rings. The van der Waals surface area contributed by atoms with E-state index in [1.54, 1.807) is 24.3 Å². The summed E-state index contributed by atoms with van der Waals surface area (Å²) >= 11 is 0. The van der Waals surface area contributed by atoms with Crippen molar-refractivity contribution >= 4 is 17.6 Å². The van der Waals surface area contributed by atoms with Gasteiger partial charge in [0.2, 0.25) is 0 Å². The third-order valence-electron chi connectivity index (χ3n) is 2.67. The minimum atomic E-state index is -0.547. The van der Waals surface area contributed by atoms with Gasteiger partial charge in [0.1, 0.15) is 5.75 Å². The lowest BCUT2D eigenvalue weighted by Gasteiger charge is -2.06. The van der Waals surface area contributed by atoms with Crippen LogP contribution in [0.2, 0.25) is 0 Å². The first kappa shape index (κ1) is 13.6. The molecule has 0 fully saturated rings. The van der Waals surface area contributed by atoms with Gasteiger partial charge in [-0.2, -0.15) is 0 Å². The van der Waals surface area contributed by atoms with Crippen molar-refractivity contribution in [3.8, 4) is 5.75 Å². The lowest BCUT2D eigenvalue weighted by molar-refractivity contribution is 0.0600. The zero-order valence-electron chi connectivity index (χ0n) is 10.8. The molecule has 5 heteroatoms. The average molecular weight is 271 g/mol. The average Bonchev–Trinajstić information content (AvgIpc) is 2.47. The van der Waals surface area contributed by atoms with Crippen LogP contribution in [-0.4, -0.2) is 19.0 Å². The fourth-order valence-electron chi connectivity index (χ4n) is 1.62. The maximum absolute atomic E-state index is 11.9. The fraction of sp³-hybridized carbons (Fsp3) is 0.0667. The maximum atomic E-state index is 11.9. The minimum Gasteiger partial charge on any atom is -0.465 e. The van der Waals surface area contributed by atoms with Crippen LogP contribution in [0.5, 0.6) is 5.75 Å². The van der Waals surface area contributed by atoms with E-state index >= 15 is 0 Å². The van der Waals surface area contributed by atoms with Gasteiger partial charge >= 0.3 is 11.9 Å². The van der Waals surface area contributed by atoms with E-state index in [1.165, 1.54) is 31.4 Å². The summed E-state index contributed by atoms with van der Waals surface area (Å²) in [6.45, 7) is 0. The molecule has 0 unspecified atom stereocenters. The number of anilines is 1. The fourth-order valence-corrected chi connectivity index (χ4v) is 1.62. The van der Waals surface area contributed by atoms with Crippen LogP contribution >= 0.6 is 0 Å². The maximum Gasteiger partial charge on any atom is 0.345 e. The number of rotatable bonds is 3. The van der Waals surface area contributed by atoms with Crippen molar-refractivity contribution in [2.24, 2.45) is 0 Å². The summed E-state index contributed by atoms with van der Waals surface area (Å²) in [6.07, 6.45) is 0. The quantitative estimate of drug-likeness (QED) is 0.526. The van der Waals surface area contributed by atoms with Gasteiger partial charge in [-0.05, 0) is 36.4 Å². The van der Waals surface area contributed by atoms with E-state index in [0.29, 0.717) is 22.6 Å². The highest BCUT2D eigenvalue weighted by atomic mass is 16.5. The highest BCUT2D eigenvalue weighted by Gasteiger charge is 2.12. The molecule has 0 saturated heterocycles. The first-order valence-electron chi connectivity index (χ1n) is 5.87. The molecular weight excluding hydrogens is 258 g/mol. The molecule has 0 bridgehead atoms. The van der Waals surface area contributed by atoms with E-state index in [1.807, 2.05) is 0 Å². The SMILES string of the molecule is COC(=O)c1ccc(OC(=O)c2ccccc2N)cc1. The number of nitrogen functional groups attached to an aromatic ring is 1. The van der Waals surface area contributed by atoms with Crippen LogP contribution in [-0.2, 0) is 4.74 Å². The van der Waals surface area contributed by atoms with Crippen LogP contribution in [0.3, 0.4) is 0 Å². The van der Waals surface area contributed by atoms with Gasteiger partial charge in [0.15, 0.2) is 0 Å². The van der Waals surface area contributed by atoms with Crippen LogP contribution in [0, 0.1) is 0 Å². The summed E-state index contributed by atoms with van der Waals surface area (Å²) in [6, 6.07) is 12.7. The van der Waals surface area contributed by atoms with E-state index in [-0.39, 0.29) is 0 Å². The van der Waals surface area contributed by atoms with Gasteiger partial charge in [0, 0.05) is 5.69 Å². The van der Waals surface area contributed by atoms with Crippen molar-refractivity contribution in [1.82, 2.24) is 0 Å². The number of methoxy groups -OCH3 is 1. The van der Waals surface area contributed by atoms with E-state index in [0.717, 1.165) is 0 Å². The number of hydrogen-bond donors (Lipinski definition) is 1. The Kier molecular flexibility index (Phi) is 4.00. The third-order valence-corrected chi connectivity index (χ3v) is 2.67. The normalized spacial score (nSPS) is 9.85. The molecule has 0 radical (unpaired) electrons. The third kappa shape index (κ3) is 2.95. The Hall–Kier alpha value is -2.82. The van der Waals surface area contributed by atoms with Crippen molar-refractivity contribution in [2.45, 2.75) is 0 Å². The molecular formula is C15H13NO4. The van der Waals surface area contributed by atoms with E-state index < -0.39 is 11.9 Å². The predicted molar refractivity (Wildman–Crippen MR) is 73.6 cm³/mol. The Bertz CT molecular complexity index is 635. The summed E-state index contributed by atoms with van der Waals surface area (Å²) in [5.74, 6) is -0.671. The van der Waals surface area contributed by atoms with Crippen LogP contribution < -0.4 is 10.5 Å². The Morgan fingerprint density at radius 3 is 2.20 bits per heavy atom. The molecule has 0 aliphatic heterocycles. The monoisotopic (exact) mass is 271 g/mol. The topological polar surface area (TPSA) is 78.6 Å². The zero-order chi connectivity index (χ0) is 14.5. The lowest BCUT2D eigenvalue weighted by atomic mass is 10.2. The Labute approximate surface area is 115 Å². The van der Waals surface area contributed by atoms with Crippen molar-refractivity contribution < 1.29 is 19.1 Å². The highest BCUT2D eigenvalue weighted by Crippen LogP contribution is 2.17. The molecule has 2 rings (SSSR count). The Balaban J connectivity index is 2.13. The number of benzene rings is 2. The number of nitrogens with two attached hydrogens (primary N) is 1. The molecule has 2 N–H and O–H groups in total. The molecule has 5 nitrogen and oxygen atoms in total. The van der Waals surface area contributed by atoms with Gasteiger partial charge in [0.25, 0.3) is 0 Å². The van der Waals surface area contributed by atoms with Crippen LogP contribution in [0.4, 0.5) is 5.69 Å². The molecule has 0 aliphatic carbocycles. The summed E-state index contributed by atoms with van der Waals surface area (Å²) in [5.41, 5.74) is 6.72. The smallest absolute Gasteiger partial charge is 0.345 e. The zero-order valence-corrected chi connectivity index (χ0v) is 10.8. The summed E-state index contributed by atoms with van der Waals surface area (Å²) in [7, 11) is 1.30. The van der Waals surface area contributed by atoms with E-state index in [4.69, 9.17) is 10.5 Å². The summed E-state index contributed by atoms with van der Waals surface area (Å²) in [5, 5.41) is 0. The van der Waals surface area contributed by atoms with Gasteiger partial charge < -0.3 is 15.2 Å². The standard InChI is InChI=1S/C15H13NO4/c1-19-14(17)10-6-8-11(9-7-10)20-15(18)12-4-2-3-5-13(12)16/h2-9H,16H2,1H3.